The minimum absolute atomic E-state index is 0.124. The van der Waals surface area contributed by atoms with E-state index in [2.05, 4.69) is 22.8 Å². The summed E-state index contributed by atoms with van der Waals surface area (Å²) in [5, 5.41) is 16.8. The van der Waals surface area contributed by atoms with Crippen molar-refractivity contribution in [2.24, 2.45) is 0 Å². The van der Waals surface area contributed by atoms with Crippen LogP contribution in [-0.2, 0) is 17.7 Å². The van der Waals surface area contributed by atoms with Gasteiger partial charge in [0.2, 0.25) is 0 Å². The van der Waals surface area contributed by atoms with Crippen LogP contribution in [0.5, 0.6) is 0 Å². The first-order valence-electron chi connectivity index (χ1n) is 11.2. The van der Waals surface area contributed by atoms with Crippen LogP contribution in [0.2, 0.25) is 0 Å². The fourth-order valence-electron chi connectivity index (χ4n) is 4.20. The number of ether oxygens (including phenoxy) is 1. The summed E-state index contributed by atoms with van der Waals surface area (Å²) in [6, 6.07) is 27.9. The summed E-state index contributed by atoms with van der Waals surface area (Å²) in [6.07, 6.45) is 0.293. The highest BCUT2D eigenvalue weighted by Crippen LogP contribution is 2.29. The summed E-state index contributed by atoms with van der Waals surface area (Å²) in [5.41, 5.74) is 4.16. The highest BCUT2D eigenvalue weighted by atomic mass is 16.6. The van der Waals surface area contributed by atoms with Gasteiger partial charge in [0, 0.05) is 25.4 Å². The van der Waals surface area contributed by atoms with E-state index in [1.165, 1.54) is 0 Å². The van der Waals surface area contributed by atoms with Crippen molar-refractivity contribution >= 4 is 6.09 Å². The third-order valence-electron chi connectivity index (χ3n) is 5.99. The van der Waals surface area contributed by atoms with Gasteiger partial charge in [-0.15, -0.1) is 0 Å². The maximum Gasteiger partial charge on any atom is 0.407 e. The molecule has 3 atom stereocenters. The molecule has 3 N–H and O–H groups in total. The van der Waals surface area contributed by atoms with E-state index in [-0.39, 0.29) is 12.0 Å². The second kappa shape index (κ2) is 10.9. The number of carbonyl (C=O) groups excluding carboxylic acids is 1. The molecule has 1 saturated heterocycles. The number of nitrogens with one attached hydrogen (secondary N) is 2. The first-order chi connectivity index (χ1) is 15.7. The van der Waals surface area contributed by atoms with E-state index in [1.54, 1.807) is 0 Å². The molecular weight excluding hydrogens is 400 g/mol. The molecule has 5 heteroatoms. The van der Waals surface area contributed by atoms with Crippen molar-refractivity contribution in [3.05, 3.63) is 107 Å². The van der Waals surface area contributed by atoms with Crippen molar-refractivity contribution in [3.8, 4) is 0 Å². The molecular formula is C27H30N2O3. The molecule has 1 unspecified atom stereocenters. The Hall–Kier alpha value is -3.15. The van der Waals surface area contributed by atoms with Crippen LogP contribution in [-0.4, -0.2) is 30.4 Å². The van der Waals surface area contributed by atoms with Crippen LogP contribution in [0.25, 0.3) is 0 Å². The van der Waals surface area contributed by atoms with Crippen molar-refractivity contribution in [1.82, 2.24) is 10.6 Å². The Labute approximate surface area is 189 Å². The van der Waals surface area contributed by atoms with Gasteiger partial charge in [0.1, 0.15) is 6.10 Å². The minimum atomic E-state index is -0.546. The number of aliphatic hydroxyl groups excluding tert-OH is 1. The van der Waals surface area contributed by atoms with Crippen LogP contribution in [0.1, 0.15) is 40.7 Å². The molecule has 0 radical (unpaired) electrons. The van der Waals surface area contributed by atoms with E-state index < -0.39 is 12.2 Å². The van der Waals surface area contributed by atoms with Crippen molar-refractivity contribution < 1.29 is 14.6 Å². The summed E-state index contributed by atoms with van der Waals surface area (Å²) in [7, 11) is 0. The predicted molar refractivity (Wildman–Crippen MR) is 125 cm³/mol. The van der Waals surface area contributed by atoms with Crippen molar-refractivity contribution in [2.75, 3.05) is 13.1 Å². The third-order valence-corrected chi connectivity index (χ3v) is 5.99. The summed E-state index contributed by atoms with van der Waals surface area (Å²) in [6.45, 7) is 1.95. The molecule has 3 aromatic carbocycles. The van der Waals surface area contributed by atoms with Crippen LogP contribution in [0.15, 0.2) is 84.9 Å². The van der Waals surface area contributed by atoms with Crippen LogP contribution in [0.3, 0.4) is 0 Å². The van der Waals surface area contributed by atoms with Crippen LogP contribution in [0, 0.1) is 0 Å². The lowest BCUT2D eigenvalue weighted by atomic mass is 9.87. The number of hydrogen-bond donors (Lipinski definition) is 3. The number of hydrogen-bond acceptors (Lipinski definition) is 4. The molecule has 1 aliphatic rings. The zero-order valence-electron chi connectivity index (χ0n) is 18.1. The number of alkyl carbamates (subject to hydrolysis) is 1. The molecule has 1 aliphatic heterocycles. The monoisotopic (exact) mass is 430 g/mol. The first kappa shape index (κ1) is 22.1. The van der Waals surface area contributed by atoms with Gasteiger partial charge < -0.3 is 20.5 Å². The predicted octanol–water partition coefficient (Wildman–Crippen LogP) is 4.33. The molecule has 166 valence electrons. The lowest BCUT2D eigenvalue weighted by molar-refractivity contribution is 0.0685. The van der Waals surface area contributed by atoms with E-state index in [9.17, 15) is 9.90 Å². The highest BCUT2D eigenvalue weighted by molar-refractivity contribution is 5.67. The summed E-state index contributed by atoms with van der Waals surface area (Å²) in [4.78, 5) is 12.4. The van der Waals surface area contributed by atoms with Crippen LogP contribution >= 0.6 is 0 Å². The number of benzene rings is 3. The second-order valence-electron chi connectivity index (χ2n) is 8.25. The zero-order chi connectivity index (χ0) is 22.2. The van der Waals surface area contributed by atoms with E-state index in [4.69, 9.17) is 4.74 Å². The summed E-state index contributed by atoms with van der Waals surface area (Å²) >= 11 is 0. The van der Waals surface area contributed by atoms with Gasteiger partial charge in [-0.3, -0.25) is 0 Å². The number of amides is 1. The lowest BCUT2D eigenvalue weighted by Gasteiger charge is -2.32. The Morgan fingerprint density at radius 2 is 1.62 bits per heavy atom. The fraction of sp³-hybridized carbons (Fsp3) is 0.296. The molecule has 0 spiro atoms. The Balaban J connectivity index is 1.36. The fourth-order valence-corrected chi connectivity index (χ4v) is 4.20. The van der Waals surface area contributed by atoms with Gasteiger partial charge in [0.15, 0.2) is 0 Å². The molecule has 0 bridgehead atoms. The number of piperidine rings is 1. The number of aliphatic hydroxyl groups is 1. The van der Waals surface area contributed by atoms with E-state index >= 15 is 0 Å². The van der Waals surface area contributed by atoms with E-state index in [0.29, 0.717) is 19.5 Å². The SMILES string of the molecule is O=C(NCc1ccccc1)O[C@@H]1CNCC[C@H]1c1ccc(C(O)Cc2ccccc2)cc1. The first-order valence-corrected chi connectivity index (χ1v) is 11.2. The normalized spacial score (nSPS) is 19.2. The molecule has 5 nitrogen and oxygen atoms in total. The molecule has 3 aromatic rings. The standard InChI is InChI=1S/C27H30N2O3/c30-25(17-20-7-3-1-4-8-20)23-13-11-22(12-14-23)24-15-16-28-19-26(24)32-27(31)29-18-21-9-5-2-6-10-21/h1-14,24-26,28,30H,15-19H2,(H,29,31)/t24-,25?,26+/m0/s1. The van der Waals surface area contributed by atoms with Gasteiger partial charge in [-0.2, -0.15) is 0 Å². The van der Waals surface area contributed by atoms with Gasteiger partial charge in [0.05, 0.1) is 6.10 Å². The Morgan fingerprint density at radius 1 is 0.969 bits per heavy atom. The molecule has 4 rings (SSSR count). The maximum atomic E-state index is 12.4. The van der Waals surface area contributed by atoms with Gasteiger partial charge >= 0.3 is 6.09 Å². The zero-order valence-corrected chi connectivity index (χ0v) is 18.1. The van der Waals surface area contributed by atoms with Gasteiger partial charge in [-0.05, 0) is 35.2 Å². The van der Waals surface area contributed by atoms with Gasteiger partial charge in [-0.1, -0.05) is 84.9 Å². The highest BCUT2D eigenvalue weighted by Gasteiger charge is 2.29. The van der Waals surface area contributed by atoms with Gasteiger partial charge in [0.25, 0.3) is 0 Å². The Kier molecular flexibility index (Phi) is 7.54. The largest absolute Gasteiger partial charge is 0.444 e. The Morgan fingerprint density at radius 3 is 2.31 bits per heavy atom. The molecule has 1 fully saturated rings. The molecule has 1 amide bonds. The number of carbonyl (C=O) groups is 1. The van der Waals surface area contributed by atoms with E-state index in [1.807, 2.05) is 72.8 Å². The lowest BCUT2D eigenvalue weighted by Crippen LogP contribution is -2.43. The molecule has 1 heterocycles. The topological polar surface area (TPSA) is 70.6 Å². The second-order valence-corrected chi connectivity index (χ2v) is 8.25. The average molecular weight is 431 g/mol. The molecule has 0 aliphatic carbocycles. The van der Waals surface area contributed by atoms with Crippen LogP contribution in [0.4, 0.5) is 4.79 Å². The Bertz CT molecular complexity index is 977. The molecule has 32 heavy (non-hydrogen) atoms. The summed E-state index contributed by atoms with van der Waals surface area (Å²) in [5.74, 6) is 0.124. The third kappa shape index (κ3) is 5.96. The van der Waals surface area contributed by atoms with Crippen molar-refractivity contribution in [2.45, 2.75) is 37.5 Å². The smallest absolute Gasteiger partial charge is 0.407 e. The van der Waals surface area contributed by atoms with E-state index in [0.717, 1.165) is 35.2 Å². The van der Waals surface area contributed by atoms with Crippen molar-refractivity contribution in [1.29, 1.82) is 0 Å². The maximum absolute atomic E-state index is 12.4. The molecule has 0 saturated carbocycles. The minimum Gasteiger partial charge on any atom is -0.444 e. The van der Waals surface area contributed by atoms with Gasteiger partial charge in [-0.25, -0.2) is 4.79 Å². The quantitative estimate of drug-likeness (QED) is 0.522. The van der Waals surface area contributed by atoms with Crippen molar-refractivity contribution in [3.63, 3.8) is 0 Å². The summed E-state index contributed by atoms with van der Waals surface area (Å²) < 4.78 is 5.77. The van der Waals surface area contributed by atoms with Crippen LogP contribution < -0.4 is 10.6 Å². The molecule has 0 aromatic heterocycles. The average Bonchev–Trinajstić information content (AvgIpc) is 2.84. The number of rotatable bonds is 7.